The molecule has 1 nitrogen and oxygen atoms in total. The lowest BCUT2D eigenvalue weighted by molar-refractivity contribution is 0.147. The van der Waals surface area contributed by atoms with E-state index < -0.39 is 17.8 Å². The van der Waals surface area contributed by atoms with Crippen molar-refractivity contribution in [3.05, 3.63) is 89.8 Å². The Morgan fingerprint density at radius 2 is 1.45 bits per heavy atom. The third-order valence-corrected chi connectivity index (χ3v) is 7.81. The molecule has 4 heteroatoms. The highest BCUT2D eigenvalue weighted by Crippen LogP contribution is 2.38. The Hall–Kier alpha value is -3.01. The summed E-state index contributed by atoms with van der Waals surface area (Å²) >= 11 is 0. The topological polar surface area (TPSA) is 9.23 Å². The summed E-state index contributed by atoms with van der Waals surface area (Å²) in [7, 11) is 0. The molecule has 0 aliphatic heterocycles. The molecular weight excluding hydrogens is 481 g/mol. The van der Waals surface area contributed by atoms with E-state index in [1.54, 1.807) is 48.5 Å². The van der Waals surface area contributed by atoms with E-state index in [1.165, 1.54) is 38.5 Å². The molecule has 0 N–H and O–H groups in total. The highest BCUT2D eigenvalue weighted by atomic mass is 19.3. The van der Waals surface area contributed by atoms with Crippen LogP contribution in [-0.4, -0.2) is 6.61 Å². The maximum Gasteiger partial charge on any atom is 0.267 e. The summed E-state index contributed by atoms with van der Waals surface area (Å²) in [6.07, 6.45) is 10.5. The van der Waals surface area contributed by atoms with Gasteiger partial charge in [0.1, 0.15) is 11.6 Å². The highest BCUT2D eigenvalue weighted by Gasteiger charge is 2.24. The second-order valence-electron chi connectivity index (χ2n) is 10.5. The predicted molar refractivity (Wildman–Crippen MR) is 151 cm³/mol. The first-order valence-electron chi connectivity index (χ1n) is 14.0. The minimum Gasteiger partial charge on any atom is -0.493 e. The van der Waals surface area contributed by atoms with E-state index in [2.05, 4.69) is 13.0 Å². The van der Waals surface area contributed by atoms with Crippen LogP contribution in [0.3, 0.4) is 0 Å². The van der Waals surface area contributed by atoms with Crippen molar-refractivity contribution in [3.63, 3.8) is 0 Å². The molecule has 1 aliphatic carbocycles. The zero-order valence-corrected chi connectivity index (χ0v) is 22.6. The summed E-state index contributed by atoms with van der Waals surface area (Å²) in [5, 5.41) is 0. The van der Waals surface area contributed by atoms with Crippen molar-refractivity contribution in [1.82, 2.24) is 0 Å². The zero-order chi connectivity index (χ0) is 26.9. The van der Waals surface area contributed by atoms with Crippen LogP contribution in [0.2, 0.25) is 0 Å². The largest absolute Gasteiger partial charge is 0.493 e. The minimum atomic E-state index is -2.93. The number of allylic oxidation sites excluding steroid dienone is 2. The van der Waals surface area contributed by atoms with Crippen LogP contribution in [0.15, 0.2) is 72.8 Å². The van der Waals surface area contributed by atoms with Gasteiger partial charge in [-0.2, -0.15) is 0 Å². The molecule has 0 bridgehead atoms. The Kier molecular flexibility index (Phi) is 10.1. The van der Waals surface area contributed by atoms with E-state index >= 15 is 4.39 Å². The molecule has 1 aliphatic rings. The Morgan fingerprint density at radius 1 is 0.842 bits per heavy atom. The quantitative estimate of drug-likeness (QED) is 0.229. The van der Waals surface area contributed by atoms with E-state index in [-0.39, 0.29) is 11.1 Å². The maximum atomic E-state index is 15.5. The van der Waals surface area contributed by atoms with Crippen molar-refractivity contribution in [3.8, 4) is 28.0 Å². The Morgan fingerprint density at radius 3 is 2.08 bits per heavy atom. The predicted octanol–water partition coefficient (Wildman–Crippen LogP) is 10.6. The van der Waals surface area contributed by atoms with Gasteiger partial charge in [0.05, 0.1) is 12.2 Å². The SMILES string of the molecule is CC=CCCc1ccc(-c2ccc(-c3ccc(OCC4CCC(CCC)CC4)cc3)c(C(F)F)c2F)cc1. The average molecular weight is 521 g/mol. The third kappa shape index (κ3) is 7.09. The monoisotopic (exact) mass is 520 g/mol. The zero-order valence-electron chi connectivity index (χ0n) is 22.6. The van der Waals surface area contributed by atoms with Gasteiger partial charge in [0.15, 0.2) is 0 Å². The van der Waals surface area contributed by atoms with Crippen LogP contribution in [-0.2, 0) is 6.42 Å². The number of aryl methyl sites for hydroxylation is 1. The molecule has 0 heterocycles. The van der Waals surface area contributed by atoms with Crippen LogP contribution in [0.5, 0.6) is 5.75 Å². The molecule has 3 aromatic carbocycles. The third-order valence-electron chi connectivity index (χ3n) is 7.81. The first-order valence-corrected chi connectivity index (χ1v) is 14.0. The second kappa shape index (κ2) is 13.7. The molecule has 0 spiro atoms. The van der Waals surface area contributed by atoms with Crippen molar-refractivity contribution in [1.29, 1.82) is 0 Å². The first kappa shape index (κ1) is 28.0. The standard InChI is InChI=1S/C34H39F3O/c1-3-5-6-8-25-13-15-28(16-14-25)31-22-21-30(32(33(31)35)34(36)37)27-17-19-29(20-18-27)38-23-26-11-9-24(7-4-2)10-12-26/h3,5,13-22,24,26,34H,4,6-12,23H2,1-2H3. The molecule has 1 fully saturated rings. The van der Waals surface area contributed by atoms with E-state index in [9.17, 15) is 8.78 Å². The number of alkyl halides is 2. The van der Waals surface area contributed by atoms with Crippen LogP contribution < -0.4 is 4.74 Å². The molecule has 38 heavy (non-hydrogen) atoms. The summed E-state index contributed by atoms with van der Waals surface area (Å²) < 4.78 is 49.7. The minimum absolute atomic E-state index is 0.192. The highest BCUT2D eigenvalue weighted by molar-refractivity contribution is 5.75. The first-order chi connectivity index (χ1) is 18.5. The van der Waals surface area contributed by atoms with Gasteiger partial charge in [-0.25, -0.2) is 13.2 Å². The number of hydrogen-bond acceptors (Lipinski definition) is 1. The van der Waals surface area contributed by atoms with Gasteiger partial charge in [-0.05, 0) is 78.8 Å². The molecule has 0 saturated heterocycles. The lowest BCUT2D eigenvalue weighted by Gasteiger charge is -2.28. The maximum absolute atomic E-state index is 15.5. The van der Waals surface area contributed by atoms with Crippen molar-refractivity contribution in [2.75, 3.05) is 6.61 Å². The Balaban J connectivity index is 1.45. The molecule has 0 aromatic heterocycles. The van der Waals surface area contributed by atoms with Gasteiger partial charge in [-0.1, -0.05) is 93.3 Å². The van der Waals surface area contributed by atoms with E-state index in [0.29, 0.717) is 23.7 Å². The summed E-state index contributed by atoms with van der Waals surface area (Å²) in [6, 6.07) is 17.8. The van der Waals surface area contributed by atoms with Crippen LogP contribution in [0.25, 0.3) is 22.3 Å². The molecule has 0 radical (unpaired) electrons. The normalized spacial score (nSPS) is 17.8. The van der Waals surface area contributed by atoms with E-state index in [4.69, 9.17) is 4.74 Å². The van der Waals surface area contributed by atoms with Crippen LogP contribution in [0.4, 0.5) is 13.2 Å². The fourth-order valence-corrected chi connectivity index (χ4v) is 5.59. The van der Waals surface area contributed by atoms with Gasteiger partial charge in [-0.3, -0.25) is 0 Å². The molecule has 1 saturated carbocycles. The van der Waals surface area contributed by atoms with Crippen molar-refractivity contribution < 1.29 is 17.9 Å². The number of ether oxygens (including phenoxy) is 1. The van der Waals surface area contributed by atoms with Gasteiger partial charge in [0, 0.05) is 5.56 Å². The van der Waals surface area contributed by atoms with Gasteiger partial charge >= 0.3 is 0 Å². The van der Waals surface area contributed by atoms with Crippen molar-refractivity contribution in [2.24, 2.45) is 11.8 Å². The van der Waals surface area contributed by atoms with Gasteiger partial charge in [-0.15, -0.1) is 0 Å². The average Bonchev–Trinajstić information content (AvgIpc) is 2.93. The Labute approximate surface area is 225 Å². The number of benzene rings is 3. The second-order valence-corrected chi connectivity index (χ2v) is 10.5. The fourth-order valence-electron chi connectivity index (χ4n) is 5.59. The summed E-state index contributed by atoms with van der Waals surface area (Å²) in [5.41, 5.74) is 2.13. The van der Waals surface area contributed by atoms with Crippen LogP contribution in [0, 0.1) is 17.7 Å². The molecule has 0 atom stereocenters. The number of halogens is 3. The summed E-state index contributed by atoms with van der Waals surface area (Å²) in [4.78, 5) is 0. The molecular formula is C34H39F3O. The lowest BCUT2D eigenvalue weighted by atomic mass is 9.80. The molecule has 0 amide bonds. The van der Waals surface area contributed by atoms with E-state index in [1.807, 2.05) is 25.1 Å². The van der Waals surface area contributed by atoms with Crippen molar-refractivity contribution in [2.45, 2.75) is 71.6 Å². The fraction of sp³-hybridized carbons (Fsp3) is 0.412. The van der Waals surface area contributed by atoms with Gasteiger partial charge in [0.2, 0.25) is 0 Å². The number of hydrogen-bond donors (Lipinski definition) is 0. The molecule has 202 valence electrons. The van der Waals surface area contributed by atoms with Crippen LogP contribution in [0.1, 0.15) is 76.3 Å². The van der Waals surface area contributed by atoms with E-state index in [0.717, 1.165) is 30.1 Å². The lowest BCUT2D eigenvalue weighted by Crippen LogP contribution is -2.20. The Bertz CT molecular complexity index is 1170. The van der Waals surface area contributed by atoms with Crippen LogP contribution >= 0.6 is 0 Å². The van der Waals surface area contributed by atoms with Crippen molar-refractivity contribution >= 4 is 0 Å². The summed E-state index contributed by atoms with van der Waals surface area (Å²) in [5.74, 6) is 1.28. The molecule has 0 unspecified atom stereocenters. The molecule has 4 rings (SSSR count). The smallest absolute Gasteiger partial charge is 0.267 e. The summed E-state index contributed by atoms with van der Waals surface area (Å²) in [6.45, 7) is 4.91. The number of rotatable bonds is 11. The molecule has 3 aromatic rings. The van der Waals surface area contributed by atoms with Gasteiger partial charge < -0.3 is 4.74 Å². The van der Waals surface area contributed by atoms with Gasteiger partial charge in [0.25, 0.3) is 6.43 Å².